The smallest absolute Gasteiger partial charge is 0.333 e. The van der Waals surface area contributed by atoms with E-state index in [0.717, 1.165) is 50.9 Å². The second-order valence-corrected chi connectivity index (χ2v) is 10.9. The van der Waals surface area contributed by atoms with Gasteiger partial charge in [-0.25, -0.2) is 9.38 Å². The summed E-state index contributed by atoms with van der Waals surface area (Å²) in [6.07, 6.45) is 18.7. The minimum absolute atomic E-state index is 0.0511. The summed E-state index contributed by atoms with van der Waals surface area (Å²) in [6, 6.07) is 8.00. The van der Waals surface area contributed by atoms with Crippen molar-refractivity contribution >= 4 is 6.21 Å². The van der Waals surface area contributed by atoms with Gasteiger partial charge in [-0.15, -0.1) is 5.12 Å². The molecule has 6 heteroatoms. The Kier molecular flexibility index (Phi) is 12.9. The molecule has 0 amide bonds. The molecule has 37 heavy (non-hydrogen) atoms. The van der Waals surface area contributed by atoms with Crippen LogP contribution in [0.15, 0.2) is 46.8 Å². The Labute approximate surface area is 222 Å². The zero-order valence-corrected chi connectivity index (χ0v) is 22.8. The SMILES string of the molecule is CCCCCCC(F)COC1=C(CCCCCCCCC2CCCC2)C=NC(F)(c2ccccc2)N1F. The molecule has 1 fully saturated rings. The lowest BCUT2D eigenvalue weighted by Crippen LogP contribution is -2.39. The Bertz CT molecular complexity index is 825. The molecule has 0 N–H and O–H groups in total. The number of ether oxygens (including phenoxy) is 1. The summed E-state index contributed by atoms with van der Waals surface area (Å²) < 4.78 is 51.4. The zero-order chi connectivity index (χ0) is 26.3. The third-order valence-electron chi connectivity index (χ3n) is 7.80. The van der Waals surface area contributed by atoms with Crippen LogP contribution in [0.2, 0.25) is 0 Å². The Morgan fingerprint density at radius 2 is 1.65 bits per heavy atom. The molecule has 1 aliphatic carbocycles. The molecule has 1 aromatic rings. The first-order valence-electron chi connectivity index (χ1n) is 14.8. The highest BCUT2D eigenvalue weighted by atomic mass is 19.2. The number of alkyl halides is 2. The number of hydrogen-bond donors (Lipinski definition) is 0. The first-order valence-corrected chi connectivity index (χ1v) is 14.8. The van der Waals surface area contributed by atoms with Crippen molar-refractivity contribution in [3.8, 4) is 0 Å². The van der Waals surface area contributed by atoms with Gasteiger partial charge in [-0.1, -0.05) is 132 Å². The standard InChI is InChI=1S/C31H47F3N2O/c1-2-3-4-14-23-29(32)25-37-30-27(20-11-8-6-5-7-10-17-26-18-15-16-19-26)24-35-31(33,36(30)34)28-21-12-9-13-22-28/h9,12-13,21-22,24,26,29H,2-8,10-11,14-20,23,25H2,1H3. The predicted octanol–water partition coefficient (Wildman–Crippen LogP) is 9.88. The van der Waals surface area contributed by atoms with Crippen molar-refractivity contribution in [2.75, 3.05) is 6.61 Å². The Morgan fingerprint density at radius 1 is 0.973 bits per heavy atom. The fourth-order valence-corrected chi connectivity index (χ4v) is 5.49. The van der Waals surface area contributed by atoms with Crippen LogP contribution in [0, 0.1) is 5.92 Å². The third kappa shape index (κ3) is 9.37. The lowest BCUT2D eigenvalue weighted by atomic mass is 9.98. The summed E-state index contributed by atoms with van der Waals surface area (Å²) in [5.41, 5.74) is 0.564. The number of unbranched alkanes of at least 4 members (excludes halogenated alkanes) is 8. The first kappa shape index (κ1) is 29.6. The second-order valence-electron chi connectivity index (χ2n) is 10.9. The van der Waals surface area contributed by atoms with Gasteiger partial charge in [0.15, 0.2) is 0 Å². The van der Waals surface area contributed by atoms with E-state index in [2.05, 4.69) is 11.9 Å². The van der Waals surface area contributed by atoms with Crippen LogP contribution in [0.1, 0.15) is 122 Å². The highest BCUT2D eigenvalue weighted by Gasteiger charge is 2.45. The van der Waals surface area contributed by atoms with E-state index < -0.39 is 12.1 Å². The quantitative estimate of drug-likeness (QED) is 0.109. The van der Waals surface area contributed by atoms with Crippen LogP contribution in [-0.2, 0) is 10.7 Å². The molecule has 2 aliphatic rings. The lowest BCUT2D eigenvalue weighted by molar-refractivity contribution is -0.172. The molecule has 1 saturated carbocycles. The molecule has 1 aromatic carbocycles. The molecule has 3 rings (SSSR count). The number of halogens is 3. The highest BCUT2D eigenvalue weighted by Crippen LogP contribution is 2.40. The van der Waals surface area contributed by atoms with Crippen molar-refractivity contribution in [3.05, 3.63) is 47.4 Å². The molecule has 2 unspecified atom stereocenters. The summed E-state index contributed by atoms with van der Waals surface area (Å²) >= 11 is 0. The van der Waals surface area contributed by atoms with Crippen LogP contribution < -0.4 is 0 Å². The third-order valence-corrected chi connectivity index (χ3v) is 7.80. The van der Waals surface area contributed by atoms with Gasteiger partial charge in [0.1, 0.15) is 12.8 Å². The van der Waals surface area contributed by atoms with E-state index in [4.69, 9.17) is 4.74 Å². The second kappa shape index (κ2) is 16.1. The van der Waals surface area contributed by atoms with E-state index in [-0.39, 0.29) is 23.2 Å². The number of benzene rings is 1. The maximum atomic E-state index is 15.8. The summed E-state index contributed by atoms with van der Waals surface area (Å²) in [5.74, 6) is -2.00. The first-order chi connectivity index (χ1) is 18.0. The topological polar surface area (TPSA) is 24.8 Å². The van der Waals surface area contributed by atoms with Crippen LogP contribution in [0.25, 0.3) is 0 Å². The monoisotopic (exact) mass is 520 g/mol. The van der Waals surface area contributed by atoms with E-state index in [1.807, 2.05) is 0 Å². The molecule has 1 heterocycles. The Hall–Kier alpha value is -1.98. The number of hydrogen-bond acceptors (Lipinski definition) is 3. The van der Waals surface area contributed by atoms with Gasteiger partial charge < -0.3 is 4.74 Å². The van der Waals surface area contributed by atoms with Crippen LogP contribution in [0.4, 0.5) is 13.3 Å². The maximum Gasteiger partial charge on any atom is 0.333 e. The van der Waals surface area contributed by atoms with Crippen LogP contribution >= 0.6 is 0 Å². The van der Waals surface area contributed by atoms with Crippen molar-refractivity contribution in [2.24, 2.45) is 10.9 Å². The van der Waals surface area contributed by atoms with Gasteiger partial charge in [0.2, 0.25) is 5.88 Å². The fraction of sp³-hybridized carbons (Fsp3) is 0.710. The van der Waals surface area contributed by atoms with E-state index in [0.29, 0.717) is 18.4 Å². The van der Waals surface area contributed by atoms with Crippen molar-refractivity contribution in [2.45, 2.75) is 128 Å². The molecule has 0 bridgehead atoms. The normalized spacial score (nSPS) is 21.1. The number of rotatable bonds is 18. The molecule has 0 aromatic heterocycles. The van der Waals surface area contributed by atoms with Crippen molar-refractivity contribution in [1.29, 1.82) is 0 Å². The highest BCUT2D eigenvalue weighted by molar-refractivity contribution is 5.80. The maximum absolute atomic E-state index is 15.8. The molecule has 0 radical (unpaired) electrons. The minimum Gasteiger partial charge on any atom is -0.474 e. The van der Waals surface area contributed by atoms with E-state index in [1.54, 1.807) is 18.2 Å². The van der Waals surface area contributed by atoms with Gasteiger partial charge in [0.05, 0.1) is 0 Å². The molecular formula is C31H47F3N2O. The summed E-state index contributed by atoms with van der Waals surface area (Å²) in [6.45, 7) is 1.82. The van der Waals surface area contributed by atoms with Gasteiger partial charge in [0.25, 0.3) is 0 Å². The number of allylic oxidation sites excluding steroid dienone is 1. The summed E-state index contributed by atoms with van der Waals surface area (Å²) in [7, 11) is 0. The van der Waals surface area contributed by atoms with Crippen molar-refractivity contribution < 1.29 is 18.0 Å². The van der Waals surface area contributed by atoms with Gasteiger partial charge in [-0.3, -0.25) is 0 Å². The van der Waals surface area contributed by atoms with Gasteiger partial charge in [0, 0.05) is 17.4 Å². The number of nitrogens with zero attached hydrogens (tertiary/aromatic N) is 2. The van der Waals surface area contributed by atoms with Crippen molar-refractivity contribution in [3.63, 3.8) is 0 Å². The van der Waals surface area contributed by atoms with Gasteiger partial charge in [-0.2, -0.15) is 4.39 Å². The van der Waals surface area contributed by atoms with Crippen LogP contribution in [0.5, 0.6) is 0 Å². The van der Waals surface area contributed by atoms with E-state index in [9.17, 15) is 4.39 Å². The number of aliphatic imine (C=N–C) groups is 1. The molecule has 0 spiro atoms. The van der Waals surface area contributed by atoms with Gasteiger partial charge >= 0.3 is 5.92 Å². The van der Waals surface area contributed by atoms with E-state index >= 15 is 8.87 Å². The molecule has 208 valence electrons. The predicted molar refractivity (Wildman–Crippen MR) is 146 cm³/mol. The summed E-state index contributed by atoms with van der Waals surface area (Å²) in [4.78, 5) is 3.95. The summed E-state index contributed by atoms with van der Waals surface area (Å²) in [5, 5.41) is -0.0511. The molecule has 1 aliphatic heterocycles. The zero-order valence-electron chi connectivity index (χ0n) is 22.8. The molecule has 3 nitrogen and oxygen atoms in total. The minimum atomic E-state index is -2.72. The molecule has 0 saturated heterocycles. The van der Waals surface area contributed by atoms with Crippen LogP contribution in [0.3, 0.4) is 0 Å². The largest absolute Gasteiger partial charge is 0.474 e. The van der Waals surface area contributed by atoms with Crippen molar-refractivity contribution in [1.82, 2.24) is 5.12 Å². The molecular weight excluding hydrogens is 473 g/mol. The average molecular weight is 521 g/mol. The Morgan fingerprint density at radius 3 is 2.38 bits per heavy atom. The van der Waals surface area contributed by atoms with E-state index in [1.165, 1.54) is 69.7 Å². The average Bonchev–Trinajstić information content (AvgIpc) is 3.44. The molecule has 2 atom stereocenters. The fourth-order valence-electron chi connectivity index (χ4n) is 5.49. The van der Waals surface area contributed by atoms with Gasteiger partial charge in [-0.05, 0) is 25.2 Å². The Balaban J connectivity index is 1.51. The van der Waals surface area contributed by atoms with Crippen LogP contribution in [-0.4, -0.2) is 24.1 Å². The lowest BCUT2D eigenvalue weighted by Gasteiger charge is -2.33.